The summed E-state index contributed by atoms with van der Waals surface area (Å²) >= 11 is 14.3. The van der Waals surface area contributed by atoms with E-state index in [0.29, 0.717) is 45.2 Å². The molecule has 0 aliphatic heterocycles. The number of para-hydroxylation sites is 6. The summed E-state index contributed by atoms with van der Waals surface area (Å²) < 4.78 is 5.13. The largest absolute Gasteiger partial charge is 0.461 e. The Balaban J connectivity index is 0.000000103. The fourth-order valence-corrected chi connectivity index (χ4v) is 18.6. The zero-order valence-corrected chi connectivity index (χ0v) is 77.9. The van der Waals surface area contributed by atoms with E-state index in [1.165, 1.54) is 107 Å². The van der Waals surface area contributed by atoms with Crippen LogP contribution < -0.4 is 0 Å². The number of nitrogens with zero attached hydrogens (tertiary/aromatic N) is 10. The van der Waals surface area contributed by atoms with Crippen LogP contribution in [0.2, 0.25) is 10.0 Å². The first-order valence-corrected chi connectivity index (χ1v) is 46.4. The first kappa shape index (κ1) is 89.9. The third kappa shape index (κ3) is 18.3. The van der Waals surface area contributed by atoms with Crippen molar-refractivity contribution in [1.29, 1.82) is 0 Å². The van der Waals surface area contributed by atoms with E-state index >= 15 is 0 Å². The van der Waals surface area contributed by atoms with Crippen LogP contribution in [0, 0.1) is 24.0 Å². The molecule has 0 aliphatic carbocycles. The summed E-state index contributed by atoms with van der Waals surface area (Å²) in [5, 5.41) is 32.9. The number of aldehydes is 1. The van der Waals surface area contributed by atoms with Crippen LogP contribution in [0.3, 0.4) is 0 Å². The van der Waals surface area contributed by atoms with Crippen LogP contribution in [-0.2, 0) is 9.53 Å². The maximum absolute atomic E-state index is 12.2. The lowest BCUT2D eigenvalue weighted by atomic mass is 10.1. The fraction of sp³-hybridized carbons (Fsp3) is 0.0708. The minimum absolute atomic E-state index is 0.0145. The lowest BCUT2D eigenvalue weighted by Gasteiger charge is -2.06. The molecule has 26 rings (SSSR count). The van der Waals surface area contributed by atoms with Gasteiger partial charge in [0.2, 0.25) is 0 Å². The number of nitrogens with one attached hydrogen (secondary N) is 7. The van der Waals surface area contributed by atoms with E-state index in [1.807, 2.05) is 178 Å². The van der Waals surface area contributed by atoms with Gasteiger partial charge < -0.3 is 44.4 Å². The number of nitro benzene ring substituents is 1. The molecule has 7 N–H and O–H groups in total. The van der Waals surface area contributed by atoms with E-state index in [9.17, 15) is 14.9 Å². The van der Waals surface area contributed by atoms with Gasteiger partial charge in [0.25, 0.3) is 5.69 Å². The second-order valence-corrected chi connectivity index (χ2v) is 34.3. The van der Waals surface area contributed by atoms with Gasteiger partial charge in [0.05, 0.1) is 100 Å². The number of ether oxygens (including phenoxy) is 1. The number of carbonyl (C=O) groups is 2. The van der Waals surface area contributed by atoms with Crippen LogP contribution in [0.25, 0.3) is 209 Å². The van der Waals surface area contributed by atoms with Crippen molar-refractivity contribution in [3.8, 4) is 56.3 Å². The van der Waals surface area contributed by atoms with Crippen molar-refractivity contribution in [1.82, 2.24) is 79.7 Å². The van der Waals surface area contributed by atoms with Crippen LogP contribution in [0.4, 0.5) is 5.69 Å². The highest BCUT2D eigenvalue weighted by atomic mass is 35.5. The topological polar surface area (TPSA) is 313 Å². The Labute approximate surface area is 803 Å². The Kier molecular flexibility index (Phi) is 26.3. The van der Waals surface area contributed by atoms with Gasteiger partial charge in [-0.1, -0.05) is 177 Å². The van der Waals surface area contributed by atoms with Crippen molar-refractivity contribution in [2.24, 2.45) is 0 Å². The SMILES string of the molecule is CC(C)c1nccc2c1[nH]c1ccccc12.CC=O.CCOC(=O)c1cc2c([nH]c3ccccc32)c(-c2cccnc2)n1.Cc1ccc2c(c1)[nH]c1c(C)nccc12.Clc1ccccc1-c1nccc2c1[nH]c1ccccc12.O=[N+]([O-])c1ccc(Cl)c(-c2nccc3c2[nH]c2ccccc23)c1.c1ccc2c(c1)[nH]c1c(-c3ccsc3)nccc12.c1cncc(-c2nccc3c2[nH]c2ccccc23)c1. The average Bonchev–Trinajstić information content (AvgIpc) is 1.62. The average molecular weight is 1870 g/mol. The number of hydrogen-bond acceptors (Lipinski definition) is 15. The minimum atomic E-state index is -0.439. The number of carbonyl (C=O) groups excluding carboxylic acids is 2. The van der Waals surface area contributed by atoms with Gasteiger partial charge in [-0.25, -0.2) is 9.78 Å². The second-order valence-electron chi connectivity index (χ2n) is 32.7. The van der Waals surface area contributed by atoms with Crippen molar-refractivity contribution < 1.29 is 19.2 Å². The number of H-pyrrole nitrogens is 7. The fourth-order valence-electron chi connectivity index (χ4n) is 17.5. The molecular formula is C113H87Cl2N17O5S. The summed E-state index contributed by atoms with van der Waals surface area (Å²) in [5.74, 6) is 0.0200. The monoisotopic (exact) mass is 1860 g/mol. The summed E-state index contributed by atoms with van der Waals surface area (Å²) in [7, 11) is 0. The van der Waals surface area contributed by atoms with Crippen LogP contribution in [0.15, 0.2) is 352 Å². The molecule has 9 aromatic carbocycles. The summed E-state index contributed by atoms with van der Waals surface area (Å²) in [6.07, 6.45) is 18.8. The zero-order chi connectivity index (χ0) is 94.9. The number of non-ortho nitro benzene ring substituents is 1. The summed E-state index contributed by atoms with van der Waals surface area (Å²) in [6, 6.07) is 91.7. The summed E-state index contributed by atoms with van der Waals surface area (Å²) in [5.41, 5.74) is 27.5. The highest BCUT2D eigenvalue weighted by molar-refractivity contribution is 7.08. The molecule has 0 spiro atoms. The van der Waals surface area contributed by atoms with Gasteiger partial charge in [-0.3, -0.25) is 50.0 Å². The van der Waals surface area contributed by atoms with Crippen LogP contribution in [0.5, 0.6) is 0 Å². The molecule has 26 aromatic rings. The molecule has 0 radical (unpaired) electrons. The van der Waals surface area contributed by atoms with Crippen molar-refractivity contribution in [3.63, 3.8) is 0 Å². The van der Waals surface area contributed by atoms with Crippen molar-refractivity contribution in [2.45, 2.75) is 47.5 Å². The molecule has 0 amide bonds. The van der Waals surface area contributed by atoms with Crippen LogP contribution in [0.1, 0.15) is 61.1 Å². The standard InChI is InChI=1S/C19H15N3O2.C17H10ClN3O2.C17H11ClN2.C16H11N3.C15H10N2S.C14H14N2.C13H12N2.C2H4O/c1-2-24-19(23)16-10-14-13-7-3-4-8-15(13)21-18(14)17(22-16)12-6-5-9-20-11-12;18-14-6-5-10(21(22)23)9-13(14)16-17-12(7-8-19-16)11-3-1-2-4-15(11)20-17;18-14-7-3-1-6-13(14)16-17-12(9-10-19-16)11-5-2-4-8-15(11)20-17;1-2-6-14-12(5-1)13-7-9-18-15(16(13)19-14)11-4-3-8-17-10-11;1-2-4-13-11(3-1)12-5-7-16-14(15(12)17-13)10-6-8-18-9-10;1-9(2)13-14-11(7-8-15-13)10-5-3-4-6-12(10)16-14;1-8-3-4-10-11-5-6-14-9(2)13(11)15-12(10)7-8;1-2-3/h3-11,21H,2H2,1H3;1-9,20H;1-10,20H;1-10,19H;1-9,17H;3-9,16H,1-2H3;3-7,15H,1-2H3;2H,1H3. The van der Waals surface area contributed by atoms with Crippen molar-refractivity contribution in [2.75, 3.05) is 6.61 Å². The molecule has 0 saturated heterocycles. The van der Waals surface area contributed by atoms with Gasteiger partial charge in [-0.2, -0.15) is 11.3 Å². The molecule has 25 heteroatoms. The third-order valence-corrected chi connectivity index (χ3v) is 25.1. The number of aromatic amines is 7. The second kappa shape index (κ2) is 40.3. The Morgan fingerprint density at radius 1 is 0.391 bits per heavy atom. The highest BCUT2D eigenvalue weighted by Gasteiger charge is 2.22. The van der Waals surface area contributed by atoms with Gasteiger partial charge >= 0.3 is 5.97 Å². The third-order valence-electron chi connectivity index (χ3n) is 23.8. The van der Waals surface area contributed by atoms with Gasteiger partial charge in [0.15, 0.2) is 0 Å². The summed E-state index contributed by atoms with van der Waals surface area (Å²) in [4.78, 5) is 95.2. The lowest BCUT2D eigenvalue weighted by Crippen LogP contribution is -2.07. The molecule has 0 unspecified atom stereocenters. The predicted molar refractivity (Wildman–Crippen MR) is 564 cm³/mol. The smallest absolute Gasteiger partial charge is 0.356 e. The Morgan fingerprint density at radius 2 is 0.783 bits per heavy atom. The quantitative estimate of drug-likeness (QED) is 0.0306. The number of pyridine rings is 9. The molecule has 0 aliphatic rings. The predicted octanol–water partition coefficient (Wildman–Crippen LogP) is 29.5. The molecule has 138 heavy (non-hydrogen) atoms. The molecule has 0 atom stereocenters. The Morgan fingerprint density at radius 3 is 1.25 bits per heavy atom. The van der Waals surface area contributed by atoms with E-state index in [0.717, 1.165) is 134 Å². The van der Waals surface area contributed by atoms with Crippen LogP contribution >= 0.6 is 34.5 Å². The maximum Gasteiger partial charge on any atom is 0.356 e. The first-order chi connectivity index (χ1) is 67.6. The van der Waals surface area contributed by atoms with Gasteiger partial charge in [0, 0.05) is 221 Å². The van der Waals surface area contributed by atoms with Gasteiger partial charge in [-0.05, 0) is 172 Å². The van der Waals surface area contributed by atoms with E-state index in [4.69, 9.17) is 32.7 Å². The van der Waals surface area contributed by atoms with Gasteiger partial charge in [-0.15, -0.1) is 0 Å². The number of fused-ring (bicyclic) bond motifs is 21. The molecule has 17 heterocycles. The minimum Gasteiger partial charge on any atom is -0.461 e. The molecule has 17 aromatic heterocycles. The van der Waals surface area contributed by atoms with Crippen LogP contribution in [-0.4, -0.2) is 104 Å². The van der Waals surface area contributed by atoms with E-state index in [1.54, 1.807) is 49.1 Å². The number of aromatic nitrogens is 16. The number of halogens is 2. The zero-order valence-electron chi connectivity index (χ0n) is 75.5. The van der Waals surface area contributed by atoms with Gasteiger partial charge in [0.1, 0.15) is 12.0 Å². The molecule has 674 valence electrons. The number of nitro groups is 1. The lowest BCUT2D eigenvalue weighted by molar-refractivity contribution is -0.384. The van der Waals surface area contributed by atoms with Crippen molar-refractivity contribution >= 4 is 205 Å². The number of hydrogen-bond donors (Lipinski definition) is 7. The molecule has 0 bridgehead atoms. The van der Waals surface area contributed by atoms with E-state index in [2.05, 4.69) is 233 Å². The summed E-state index contributed by atoms with van der Waals surface area (Å²) in [6.45, 7) is 12.0. The van der Waals surface area contributed by atoms with E-state index in [-0.39, 0.29) is 5.69 Å². The number of benzene rings is 9. The Bertz CT molecular complexity index is 8980. The number of aryl methyl sites for hydroxylation is 2. The number of thiophene rings is 1. The van der Waals surface area contributed by atoms with Crippen molar-refractivity contribution in [3.05, 3.63) is 395 Å². The first-order valence-electron chi connectivity index (χ1n) is 44.7. The highest BCUT2D eigenvalue weighted by Crippen LogP contribution is 2.41. The molecule has 0 saturated carbocycles. The number of rotatable bonds is 9. The Hall–Kier alpha value is -17.3. The number of esters is 1. The molecular weight excluding hydrogens is 1780 g/mol. The molecule has 22 nitrogen and oxygen atoms in total. The normalized spacial score (nSPS) is 11.1. The molecule has 0 fully saturated rings. The van der Waals surface area contributed by atoms with E-state index < -0.39 is 10.9 Å². The maximum atomic E-state index is 12.2.